The van der Waals surface area contributed by atoms with Crippen LogP contribution in [0.1, 0.15) is 0 Å². The molecule has 0 fully saturated rings. The van der Waals surface area contributed by atoms with Gasteiger partial charge in [0, 0.05) is 17.4 Å². The molecule has 0 radical (unpaired) electrons. The normalized spacial score (nSPS) is 10.1. The topological polar surface area (TPSA) is 54.0 Å². The van der Waals surface area contributed by atoms with Gasteiger partial charge >= 0.3 is 0 Å². The van der Waals surface area contributed by atoms with Gasteiger partial charge in [0.2, 0.25) is 5.91 Å². The maximum absolute atomic E-state index is 11.5. The van der Waals surface area contributed by atoms with Crippen molar-refractivity contribution < 1.29 is 4.79 Å². The molecule has 1 amide bonds. The summed E-state index contributed by atoms with van der Waals surface area (Å²) in [7, 11) is 1.74. The Kier molecular flexibility index (Phi) is 4.04. The highest BCUT2D eigenvalue weighted by Gasteiger charge is 2.03. The number of benzene rings is 1. The standard InChI is InChI=1S/C14H15N3O/c1-15-10-14(18)17-12-6-4-5-11(9-12)13-7-2-3-8-16-13/h2-9,15H,10H2,1H3,(H,17,18). The summed E-state index contributed by atoms with van der Waals surface area (Å²) in [4.78, 5) is 15.8. The number of rotatable bonds is 4. The minimum atomic E-state index is -0.0596. The molecule has 0 aliphatic carbocycles. The Morgan fingerprint density at radius 1 is 1.22 bits per heavy atom. The molecule has 1 aromatic carbocycles. The predicted octanol–water partition coefficient (Wildman–Crippen LogP) is 1.91. The quantitative estimate of drug-likeness (QED) is 0.859. The zero-order valence-corrected chi connectivity index (χ0v) is 10.2. The third-order valence-electron chi connectivity index (χ3n) is 2.44. The molecule has 0 aliphatic heterocycles. The second-order valence-corrected chi connectivity index (χ2v) is 3.87. The number of nitrogens with one attached hydrogen (secondary N) is 2. The minimum absolute atomic E-state index is 0.0596. The lowest BCUT2D eigenvalue weighted by atomic mass is 10.1. The molecule has 92 valence electrons. The van der Waals surface area contributed by atoms with Crippen molar-refractivity contribution in [3.63, 3.8) is 0 Å². The first kappa shape index (κ1) is 12.3. The lowest BCUT2D eigenvalue weighted by Gasteiger charge is -2.06. The van der Waals surface area contributed by atoms with Gasteiger partial charge in [-0.05, 0) is 31.3 Å². The molecule has 0 saturated carbocycles. The van der Waals surface area contributed by atoms with E-state index in [2.05, 4.69) is 15.6 Å². The van der Waals surface area contributed by atoms with Crippen LogP contribution in [0.15, 0.2) is 48.7 Å². The summed E-state index contributed by atoms with van der Waals surface area (Å²) in [6.07, 6.45) is 1.75. The number of likely N-dealkylation sites (N-methyl/N-ethyl adjacent to an activating group) is 1. The van der Waals surface area contributed by atoms with Gasteiger partial charge in [-0.15, -0.1) is 0 Å². The second-order valence-electron chi connectivity index (χ2n) is 3.87. The fourth-order valence-electron chi connectivity index (χ4n) is 1.66. The van der Waals surface area contributed by atoms with E-state index in [4.69, 9.17) is 0 Å². The Hall–Kier alpha value is -2.20. The molecule has 0 spiro atoms. The number of aromatic nitrogens is 1. The van der Waals surface area contributed by atoms with Crippen LogP contribution in [0.4, 0.5) is 5.69 Å². The molecule has 2 aromatic rings. The fourth-order valence-corrected chi connectivity index (χ4v) is 1.66. The second kappa shape index (κ2) is 5.93. The maximum Gasteiger partial charge on any atom is 0.238 e. The highest BCUT2D eigenvalue weighted by Crippen LogP contribution is 2.20. The van der Waals surface area contributed by atoms with Gasteiger partial charge in [-0.1, -0.05) is 18.2 Å². The first-order chi connectivity index (χ1) is 8.79. The molecule has 0 atom stereocenters. The third kappa shape index (κ3) is 3.15. The first-order valence-electron chi connectivity index (χ1n) is 5.75. The van der Waals surface area contributed by atoms with Crippen LogP contribution in [-0.2, 0) is 4.79 Å². The number of hydrogen-bond donors (Lipinski definition) is 2. The molecule has 2 N–H and O–H groups in total. The van der Waals surface area contributed by atoms with Crippen molar-refractivity contribution in [2.24, 2.45) is 0 Å². The zero-order chi connectivity index (χ0) is 12.8. The summed E-state index contributed by atoms with van der Waals surface area (Å²) >= 11 is 0. The van der Waals surface area contributed by atoms with E-state index in [0.29, 0.717) is 6.54 Å². The first-order valence-corrected chi connectivity index (χ1v) is 5.75. The molecule has 1 aromatic heterocycles. The molecule has 18 heavy (non-hydrogen) atoms. The summed E-state index contributed by atoms with van der Waals surface area (Å²) in [5.74, 6) is -0.0596. The van der Waals surface area contributed by atoms with Crippen molar-refractivity contribution in [1.82, 2.24) is 10.3 Å². The van der Waals surface area contributed by atoms with Crippen molar-refractivity contribution >= 4 is 11.6 Å². The Bertz CT molecular complexity index is 526. The van der Waals surface area contributed by atoms with E-state index in [1.54, 1.807) is 13.2 Å². The van der Waals surface area contributed by atoms with Crippen LogP contribution >= 0.6 is 0 Å². The molecule has 4 nitrogen and oxygen atoms in total. The van der Waals surface area contributed by atoms with Gasteiger partial charge < -0.3 is 10.6 Å². The van der Waals surface area contributed by atoms with Crippen LogP contribution in [0.5, 0.6) is 0 Å². The average Bonchev–Trinajstić information content (AvgIpc) is 2.40. The number of carbonyl (C=O) groups is 1. The molecular formula is C14H15N3O. The molecule has 1 heterocycles. The van der Waals surface area contributed by atoms with E-state index in [1.165, 1.54) is 0 Å². The van der Waals surface area contributed by atoms with Crippen molar-refractivity contribution in [3.05, 3.63) is 48.7 Å². The van der Waals surface area contributed by atoms with E-state index in [0.717, 1.165) is 16.9 Å². The van der Waals surface area contributed by atoms with Crippen LogP contribution in [0.3, 0.4) is 0 Å². The monoisotopic (exact) mass is 241 g/mol. The van der Waals surface area contributed by atoms with Gasteiger partial charge in [-0.25, -0.2) is 0 Å². The number of nitrogens with zero attached hydrogens (tertiary/aromatic N) is 1. The molecule has 0 saturated heterocycles. The lowest BCUT2D eigenvalue weighted by Crippen LogP contribution is -2.24. The molecule has 0 bridgehead atoms. The smallest absolute Gasteiger partial charge is 0.238 e. The summed E-state index contributed by atoms with van der Waals surface area (Å²) < 4.78 is 0. The largest absolute Gasteiger partial charge is 0.325 e. The van der Waals surface area contributed by atoms with Gasteiger partial charge in [0.05, 0.1) is 12.2 Å². The van der Waals surface area contributed by atoms with Gasteiger partial charge in [0.15, 0.2) is 0 Å². The van der Waals surface area contributed by atoms with Crippen molar-refractivity contribution in [1.29, 1.82) is 0 Å². The number of carbonyl (C=O) groups excluding carboxylic acids is 1. The highest BCUT2D eigenvalue weighted by molar-refractivity contribution is 5.92. The van der Waals surface area contributed by atoms with E-state index >= 15 is 0 Å². The third-order valence-corrected chi connectivity index (χ3v) is 2.44. The van der Waals surface area contributed by atoms with E-state index < -0.39 is 0 Å². The highest BCUT2D eigenvalue weighted by atomic mass is 16.1. The van der Waals surface area contributed by atoms with Crippen LogP contribution in [-0.4, -0.2) is 24.5 Å². The predicted molar refractivity (Wildman–Crippen MR) is 72.2 cm³/mol. The Morgan fingerprint density at radius 2 is 2.11 bits per heavy atom. The maximum atomic E-state index is 11.5. The van der Waals surface area contributed by atoms with E-state index in [1.807, 2.05) is 42.5 Å². The molecule has 0 aliphatic rings. The van der Waals surface area contributed by atoms with Crippen LogP contribution in [0.25, 0.3) is 11.3 Å². The summed E-state index contributed by atoms with van der Waals surface area (Å²) in [5, 5.41) is 5.63. The minimum Gasteiger partial charge on any atom is -0.325 e. The summed E-state index contributed by atoms with van der Waals surface area (Å²) in [6, 6.07) is 13.4. The molecular weight excluding hydrogens is 226 g/mol. The zero-order valence-electron chi connectivity index (χ0n) is 10.2. The number of hydrogen-bond acceptors (Lipinski definition) is 3. The number of anilines is 1. The Balaban J connectivity index is 2.18. The Morgan fingerprint density at radius 3 is 2.83 bits per heavy atom. The average molecular weight is 241 g/mol. The SMILES string of the molecule is CNCC(=O)Nc1cccc(-c2ccccn2)c1. The van der Waals surface area contributed by atoms with Crippen LogP contribution in [0.2, 0.25) is 0 Å². The van der Waals surface area contributed by atoms with Crippen molar-refractivity contribution in [2.75, 3.05) is 18.9 Å². The Labute approximate surface area is 106 Å². The molecule has 0 unspecified atom stereocenters. The summed E-state index contributed by atoms with van der Waals surface area (Å²) in [6.45, 7) is 0.299. The fraction of sp³-hybridized carbons (Fsp3) is 0.143. The van der Waals surface area contributed by atoms with Gasteiger partial charge in [0.25, 0.3) is 0 Å². The molecule has 4 heteroatoms. The number of amides is 1. The van der Waals surface area contributed by atoms with Gasteiger partial charge in [-0.3, -0.25) is 9.78 Å². The van der Waals surface area contributed by atoms with Crippen molar-refractivity contribution in [2.45, 2.75) is 0 Å². The molecule has 2 rings (SSSR count). The van der Waals surface area contributed by atoms with Crippen LogP contribution < -0.4 is 10.6 Å². The van der Waals surface area contributed by atoms with Gasteiger partial charge in [-0.2, -0.15) is 0 Å². The summed E-state index contributed by atoms with van der Waals surface area (Å²) in [5.41, 5.74) is 2.65. The van der Waals surface area contributed by atoms with Crippen LogP contribution in [0, 0.1) is 0 Å². The van der Waals surface area contributed by atoms with Gasteiger partial charge in [0.1, 0.15) is 0 Å². The lowest BCUT2D eigenvalue weighted by molar-refractivity contribution is -0.115. The number of pyridine rings is 1. The van der Waals surface area contributed by atoms with E-state index in [9.17, 15) is 4.79 Å². The van der Waals surface area contributed by atoms with E-state index in [-0.39, 0.29) is 5.91 Å². The van der Waals surface area contributed by atoms with Crippen molar-refractivity contribution in [3.8, 4) is 11.3 Å².